The van der Waals surface area contributed by atoms with Gasteiger partial charge in [0.2, 0.25) is 0 Å². The molecule has 0 aromatic rings. The van der Waals surface area contributed by atoms with Crippen molar-refractivity contribution in [1.82, 2.24) is 0 Å². The third-order valence-corrected chi connectivity index (χ3v) is 3.57. The van der Waals surface area contributed by atoms with Gasteiger partial charge in [0.1, 0.15) is 13.5 Å². The van der Waals surface area contributed by atoms with Crippen LogP contribution in [-0.2, 0) is 4.79 Å². The molecule has 0 heterocycles. The molecule has 2 heteroatoms. The van der Waals surface area contributed by atoms with E-state index in [1.807, 2.05) is 6.08 Å². The molecule has 0 aromatic heterocycles. The van der Waals surface area contributed by atoms with Gasteiger partial charge in [-0.25, -0.2) is 0 Å². The zero-order valence-corrected chi connectivity index (χ0v) is 8.81. The Morgan fingerprint density at radius 2 is 2.00 bits per heavy atom. The Bertz CT molecular complexity index is 144. The molecule has 0 spiro atoms. The van der Waals surface area contributed by atoms with Gasteiger partial charge >= 0.3 is 0 Å². The fourth-order valence-electron chi connectivity index (χ4n) is 0.782. The summed E-state index contributed by atoms with van der Waals surface area (Å²) in [6.45, 7) is 9.92. The quantitative estimate of drug-likeness (QED) is 0.352. The molecule has 0 rings (SSSR count). The topological polar surface area (TPSA) is 17.1 Å². The summed E-state index contributed by atoms with van der Waals surface area (Å²) in [5.41, 5.74) is 0. The highest BCUT2D eigenvalue weighted by atomic mass is 28.3. The van der Waals surface area contributed by atoms with Crippen molar-refractivity contribution in [2.75, 3.05) is 0 Å². The first-order chi connectivity index (χ1) is 4.98. The normalized spacial score (nSPS) is 11.2. The van der Waals surface area contributed by atoms with Gasteiger partial charge in [-0.15, -0.1) is 6.58 Å². The lowest BCUT2D eigenvalue weighted by Crippen LogP contribution is -2.32. The molecule has 0 fully saturated rings. The van der Waals surface area contributed by atoms with Gasteiger partial charge in [-0.3, -0.25) is 0 Å². The van der Waals surface area contributed by atoms with Crippen molar-refractivity contribution >= 4 is 13.5 Å². The lowest BCUT2D eigenvalue weighted by atomic mass is 10.2. The fourth-order valence-corrected chi connectivity index (χ4v) is 1.71. The van der Waals surface area contributed by atoms with Crippen LogP contribution < -0.4 is 0 Å². The molecule has 0 aromatic carbocycles. The molecule has 0 atom stereocenters. The standard InChI is InChI=1S/C9H18OSi/c1-5-6-7-8-9(10)11(2,3)4/h5H,1,6-8H2,2-4H3. The highest BCUT2D eigenvalue weighted by molar-refractivity contribution is 7.03. The van der Waals surface area contributed by atoms with Gasteiger partial charge in [-0.05, 0) is 12.8 Å². The van der Waals surface area contributed by atoms with Crippen molar-refractivity contribution in [3.63, 3.8) is 0 Å². The average Bonchev–Trinajstić information content (AvgIpc) is 1.86. The van der Waals surface area contributed by atoms with E-state index in [0.717, 1.165) is 19.3 Å². The summed E-state index contributed by atoms with van der Waals surface area (Å²) < 4.78 is 0. The number of hydrogen-bond acceptors (Lipinski definition) is 1. The van der Waals surface area contributed by atoms with Crippen molar-refractivity contribution in [1.29, 1.82) is 0 Å². The highest BCUT2D eigenvalue weighted by Crippen LogP contribution is 2.08. The fraction of sp³-hybridized carbons (Fsp3) is 0.667. The van der Waals surface area contributed by atoms with Crippen molar-refractivity contribution in [3.8, 4) is 0 Å². The SMILES string of the molecule is C=CCCCC(=O)[Si](C)(C)C. The third kappa shape index (κ3) is 4.96. The van der Waals surface area contributed by atoms with Gasteiger partial charge in [0.15, 0.2) is 0 Å². The lowest BCUT2D eigenvalue weighted by molar-refractivity contribution is -0.112. The van der Waals surface area contributed by atoms with Crippen molar-refractivity contribution < 1.29 is 4.79 Å². The second-order valence-corrected chi connectivity index (χ2v) is 8.91. The van der Waals surface area contributed by atoms with Crippen LogP contribution in [-0.4, -0.2) is 13.5 Å². The summed E-state index contributed by atoms with van der Waals surface area (Å²) in [5.74, 6) is 0. The van der Waals surface area contributed by atoms with Crippen LogP contribution in [0.3, 0.4) is 0 Å². The van der Waals surface area contributed by atoms with Crippen LogP contribution in [0.1, 0.15) is 19.3 Å². The van der Waals surface area contributed by atoms with Crippen LogP contribution in [0.2, 0.25) is 19.6 Å². The molecule has 0 aliphatic heterocycles. The Morgan fingerprint density at radius 3 is 2.36 bits per heavy atom. The van der Waals surface area contributed by atoms with Gasteiger partial charge in [0.05, 0.1) is 0 Å². The largest absolute Gasteiger partial charge is 0.305 e. The van der Waals surface area contributed by atoms with Crippen LogP contribution in [0.5, 0.6) is 0 Å². The van der Waals surface area contributed by atoms with Crippen LogP contribution in [0, 0.1) is 0 Å². The first-order valence-electron chi connectivity index (χ1n) is 4.12. The predicted molar refractivity (Wildman–Crippen MR) is 52.4 cm³/mol. The average molecular weight is 170 g/mol. The Kier molecular flexibility index (Phi) is 4.34. The van der Waals surface area contributed by atoms with E-state index in [1.54, 1.807) is 0 Å². The van der Waals surface area contributed by atoms with E-state index in [4.69, 9.17) is 0 Å². The van der Waals surface area contributed by atoms with Crippen molar-refractivity contribution in [2.24, 2.45) is 0 Å². The monoisotopic (exact) mass is 170 g/mol. The molecule has 64 valence electrons. The molecule has 0 saturated carbocycles. The number of allylic oxidation sites excluding steroid dienone is 1. The van der Waals surface area contributed by atoms with E-state index in [1.165, 1.54) is 0 Å². The maximum Gasteiger partial charge on any atom is 0.123 e. The minimum absolute atomic E-state index is 0.486. The summed E-state index contributed by atoms with van der Waals surface area (Å²) >= 11 is 0. The lowest BCUT2D eigenvalue weighted by Gasteiger charge is -2.12. The van der Waals surface area contributed by atoms with E-state index >= 15 is 0 Å². The zero-order chi connectivity index (χ0) is 8.91. The molecule has 0 N–H and O–H groups in total. The molecule has 11 heavy (non-hydrogen) atoms. The predicted octanol–water partition coefficient (Wildman–Crippen LogP) is 2.79. The van der Waals surface area contributed by atoms with E-state index in [-0.39, 0.29) is 0 Å². The molecule has 0 amide bonds. The van der Waals surface area contributed by atoms with Gasteiger partial charge in [0, 0.05) is 6.42 Å². The van der Waals surface area contributed by atoms with Crippen LogP contribution >= 0.6 is 0 Å². The van der Waals surface area contributed by atoms with E-state index in [9.17, 15) is 4.79 Å². The van der Waals surface area contributed by atoms with Gasteiger partial charge in [0.25, 0.3) is 0 Å². The minimum Gasteiger partial charge on any atom is -0.305 e. The number of unbranched alkanes of at least 4 members (excludes halogenated alkanes) is 1. The van der Waals surface area contributed by atoms with Gasteiger partial charge in [-0.1, -0.05) is 25.7 Å². The van der Waals surface area contributed by atoms with Gasteiger partial charge < -0.3 is 4.79 Å². The number of carbonyl (C=O) groups is 1. The Morgan fingerprint density at radius 1 is 1.45 bits per heavy atom. The molecule has 0 unspecified atom stereocenters. The Balaban J connectivity index is 3.62. The Hall–Kier alpha value is -0.373. The molecule has 0 aliphatic rings. The molecule has 1 nitrogen and oxygen atoms in total. The first-order valence-corrected chi connectivity index (χ1v) is 7.62. The molecule has 0 saturated heterocycles. The van der Waals surface area contributed by atoms with Crippen LogP contribution in [0.4, 0.5) is 0 Å². The molecule has 0 radical (unpaired) electrons. The molecule has 0 aliphatic carbocycles. The molecule has 0 bridgehead atoms. The first kappa shape index (κ1) is 10.6. The van der Waals surface area contributed by atoms with Crippen LogP contribution in [0.25, 0.3) is 0 Å². The van der Waals surface area contributed by atoms with E-state index < -0.39 is 8.07 Å². The van der Waals surface area contributed by atoms with E-state index in [2.05, 4.69) is 26.2 Å². The summed E-state index contributed by atoms with van der Waals surface area (Å²) in [6, 6.07) is 0. The number of rotatable bonds is 5. The maximum atomic E-state index is 11.4. The van der Waals surface area contributed by atoms with E-state index in [0.29, 0.717) is 5.41 Å². The maximum absolute atomic E-state index is 11.4. The van der Waals surface area contributed by atoms with Crippen molar-refractivity contribution in [3.05, 3.63) is 12.7 Å². The second kappa shape index (κ2) is 4.49. The Labute approximate surface area is 70.5 Å². The number of hydrogen-bond donors (Lipinski definition) is 0. The zero-order valence-electron chi connectivity index (χ0n) is 7.81. The van der Waals surface area contributed by atoms with Gasteiger partial charge in [-0.2, -0.15) is 0 Å². The summed E-state index contributed by atoms with van der Waals surface area (Å²) in [4.78, 5) is 11.4. The smallest absolute Gasteiger partial charge is 0.123 e. The summed E-state index contributed by atoms with van der Waals surface area (Å²) in [5, 5.41) is 0.486. The third-order valence-electron chi connectivity index (χ3n) is 1.65. The molecular formula is C9H18OSi. The number of carbonyl (C=O) groups excluding carboxylic acids is 1. The summed E-state index contributed by atoms with van der Waals surface area (Å²) in [7, 11) is -1.48. The molecular weight excluding hydrogens is 152 g/mol. The highest BCUT2D eigenvalue weighted by Gasteiger charge is 2.22. The van der Waals surface area contributed by atoms with Crippen LogP contribution in [0.15, 0.2) is 12.7 Å². The minimum atomic E-state index is -1.48. The second-order valence-electron chi connectivity index (χ2n) is 3.85. The van der Waals surface area contributed by atoms with Crippen molar-refractivity contribution in [2.45, 2.75) is 38.9 Å². The summed E-state index contributed by atoms with van der Waals surface area (Å²) in [6.07, 6.45) is 4.57.